The zero-order valence-electron chi connectivity index (χ0n) is 14.7. The number of hydrogen-bond donors (Lipinski definition) is 3. The molecule has 0 aromatic carbocycles. The molecule has 1 fully saturated rings. The van der Waals surface area contributed by atoms with E-state index in [1.54, 1.807) is 10.9 Å². The van der Waals surface area contributed by atoms with Crippen LogP contribution in [0.4, 0.5) is 5.95 Å². The third-order valence-corrected chi connectivity index (χ3v) is 5.40. The molecule has 27 heavy (non-hydrogen) atoms. The molecule has 0 unspecified atom stereocenters. The molecule has 9 nitrogen and oxygen atoms in total. The summed E-state index contributed by atoms with van der Waals surface area (Å²) in [7, 11) is 0. The van der Waals surface area contributed by atoms with E-state index in [1.165, 1.54) is 11.8 Å². The van der Waals surface area contributed by atoms with Crippen molar-refractivity contribution in [3.8, 4) is 0 Å². The van der Waals surface area contributed by atoms with Crippen molar-refractivity contribution < 1.29 is 14.9 Å². The summed E-state index contributed by atoms with van der Waals surface area (Å²) in [5.41, 5.74) is 8.96. The summed E-state index contributed by atoms with van der Waals surface area (Å²) in [6.45, 7) is 1.71. The number of nitrogen functional groups attached to an aromatic ring is 1. The van der Waals surface area contributed by atoms with E-state index in [0.29, 0.717) is 28.4 Å². The highest BCUT2D eigenvalue weighted by molar-refractivity contribution is 7.98. The lowest BCUT2D eigenvalue weighted by Gasteiger charge is -2.13. The van der Waals surface area contributed by atoms with E-state index in [-0.39, 0.29) is 12.6 Å². The van der Waals surface area contributed by atoms with Crippen molar-refractivity contribution in [1.82, 2.24) is 24.5 Å². The first kappa shape index (κ1) is 18.1. The number of aliphatic hydroxyl groups excluding tert-OH is 2. The van der Waals surface area contributed by atoms with Crippen molar-refractivity contribution in [2.24, 2.45) is 0 Å². The van der Waals surface area contributed by atoms with Crippen LogP contribution in [-0.4, -0.2) is 53.5 Å². The van der Waals surface area contributed by atoms with Crippen molar-refractivity contribution in [3.63, 3.8) is 0 Å². The fraction of sp³-hybridized carbons (Fsp3) is 0.412. The number of nitrogens with zero attached hydrogens (tertiary/aromatic N) is 5. The van der Waals surface area contributed by atoms with Gasteiger partial charge < -0.3 is 20.7 Å². The van der Waals surface area contributed by atoms with Crippen LogP contribution in [0.3, 0.4) is 0 Å². The fourth-order valence-electron chi connectivity index (χ4n) is 3.09. The van der Waals surface area contributed by atoms with E-state index >= 15 is 0 Å². The predicted molar refractivity (Wildman–Crippen MR) is 99.9 cm³/mol. The standard InChI is InChI=1S/C17H20N6O3S/c1-9-3-2-4-10(20-9)7-27-16-14-15(21-17(18)22-16)23(8-19-14)13-5-11(25)12(6-24)26-13/h2-4,8,11-13,24-25H,5-7H2,1H3,(H2,18,21,22)/t11-,12-,13-/m0/s1. The first-order valence-electron chi connectivity index (χ1n) is 8.55. The van der Waals surface area contributed by atoms with E-state index in [9.17, 15) is 10.2 Å². The Balaban J connectivity index is 1.62. The lowest BCUT2D eigenvalue weighted by molar-refractivity contribution is -0.0432. The summed E-state index contributed by atoms with van der Waals surface area (Å²) in [5, 5.41) is 19.9. The molecule has 10 heteroatoms. The minimum absolute atomic E-state index is 0.140. The monoisotopic (exact) mass is 388 g/mol. The maximum absolute atomic E-state index is 9.98. The molecule has 0 aliphatic carbocycles. The van der Waals surface area contributed by atoms with Gasteiger partial charge in [-0.05, 0) is 19.1 Å². The van der Waals surface area contributed by atoms with Gasteiger partial charge in [0.1, 0.15) is 22.9 Å². The summed E-state index contributed by atoms with van der Waals surface area (Å²) in [6.07, 6.45) is 0.125. The van der Waals surface area contributed by atoms with Crippen LogP contribution in [-0.2, 0) is 10.5 Å². The highest BCUT2D eigenvalue weighted by Gasteiger charge is 2.35. The number of ether oxygens (including phenoxy) is 1. The Bertz CT molecular complexity index is 965. The van der Waals surface area contributed by atoms with E-state index in [2.05, 4.69) is 19.9 Å². The van der Waals surface area contributed by atoms with Crippen molar-refractivity contribution in [3.05, 3.63) is 35.9 Å². The zero-order chi connectivity index (χ0) is 19.0. The summed E-state index contributed by atoms with van der Waals surface area (Å²) in [5.74, 6) is 0.770. The number of nitrogens with two attached hydrogens (primary N) is 1. The molecular weight excluding hydrogens is 368 g/mol. The number of pyridine rings is 1. The number of imidazole rings is 1. The molecule has 4 rings (SSSR count). The summed E-state index contributed by atoms with van der Waals surface area (Å²) in [4.78, 5) is 17.5. The van der Waals surface area contributed by atoms with Gasteiger partial charge in [0, 0.05) is 17.9 Å². The SMILES string of the molecule is Cc1cccc(CSc2nc(N)nc3c2ncn3[C@@H]2C[C@H](O)[C@H](CO)O2)n1. The average molecular weight is 388 g/mol. The van der Waals surface area contributed by atoms with Crippen molar-refractivity contribution in [2.75, 3.05) is 12.3 Å². The first-order valence-corrected chi connectivity index (χ1v) is 9.53. The van der Waals surface area contributed by atoms with Crippen LogP contribution < -0.4 is 5.73 Å². The number of rotatable bonds is 5. The number of aliphatic hydroxyl groups is 2. The number of anilines is 1. The minimum atomic E-state index is -0.738. The largest absolute Gasteiger partial charge is 0.394 e. The summed E-state index contributed by atoms with van der Waals surface area (Å²) in [6, 6.07) is 5.88. The molecule has 1 aliphatic rings. The molecule has 0 bridgehead atoms. The van der Waals surface area contributed by atoms with Crippen molar-refractivity contribution in [1.29, 1.82) is 0 Å². The number of fused-ring (bicyclic) bond motifs is 1. The van der Waals surface area contributed by atoms with Gasteiger partial charge in [-0.15, -0.1) is 0 Å². The maximum Gasteiger partial charge on any atom is 0.223 e. The van der Waals surface area contributed by atoms with Crippen LogP contribution in [0.1, 0.15) is 24.0 Å². The minimum Gasteiger partial charge on any atom is -0.394 e. The quantitative estimate of drug-likeness (QED) is 0.433. The number of aryl methyl sites for hydroxylation is 1. The molecule has 0 spiro atoms. The van der Waals surface area contributed by atoms with Gasteiger partial charge in [0.05, 0.1) is 24.7 Å². The zero-order valence-corrected chi connectivity index (χ0v) is 15.5. The van der Waals surface area contributed by atoms with E-state index in [0.717, 1.165) is 11.4 Å². The number of thioether (sulfide) groups is 1. The lowest BCUT2D eigenvalue weighted by Crippen LogP contribution is -2.24. The number of hydrogen-bond acceptors (Lipinski definition) is 9. The van der Waals surface area contributed by atoms with Gasteiger partial charge in [0.15, 0.2) is 5.65 Å². The van der Waals surface area contributed by atoms with Crippen LogP contribution in [0, 0.1) is 6.92 Å². The molecule has 3 aromatic heterocycles. The second-order valence-corrected chi connectivity index (χ2v) is 7.35. The molecule has 1 saturated heterocycles. The van der Waals surface area contributed by atoms with E-state index in [1.807, 2.05) is 25.1 Å². The Labute approximate surface area is 159 Å². The molecule has 1 aliphatic heterocycles. The highest BCUT2D eigenvalue weighted by atomic mass is 32.2. The van der Waals surface area contributed by atoms with Gasteiger partial charge in [-0.25, -0.2) is 9.97 Å². The van der Waals surface area contributed by atoms with Crippen LogP contribution in [0.2, 0.25) is 0 Å². The normalized spacial score (nSPS) is 22.6. The predicted octanol–water partition coefficient (Wildman–Crippen LogP) is 1.04. The highest BCUT2D eigenvalue weighted by Crippen LogP contribution is 2.33. The lowest BCUT2D eigenvalue weighted by atomic mass is 10.2. The van der Waals surface area contributed by atoms with Crippen molar-refractivity contribution in [2.45, 2.75) is 42.6 Å². The molecular formula is C17H20N6O3S. The molecule has 142 valence electrons. The molecule has 0 saturated carbocycles. The Morgan fingerprint density at radius 3 is 2.93 bits per heavy atom. The second-order valence-electron chi connectivity index (χ2n) is 6.38. The van der Waals surface area contributed by atoms with E-state index < -0.39 is 18.4 Å². The topological polar surface area (TPSA) is 132 Å². The third kappa shape index (κ3) is 3.61. The maximum atomic E-state index is 9.98. The van der Waals surface area contributed by atoms with Crippen molar-refractivity contribution >= 4 is 28.9 Å². The van der Waals surface area contributed by atoms with Gasteiger partial charge in [-0.3, -0.25) is 9.55 Å². The second kappa shape index (κ2) is 7.39. The van der Waals surface area contributed by atoms with Crippen LogP contribution in [0.5, 0.6) is 0 Å². The fourth-order valence-corrected chi connectivity index (χ4v) is 3.97. The van der Waals surface area contributed by atoms with Gasteiger partial charge in [-0.2, -0.15) is 4.98 Å². The summed E-state index contributed by atoms with van der Waals surface area (Å²) < 4.78 is 7.43. The Kier molecular flexibility index (Phi) is 4.96. The van der Waals surface area contributed by atoms with Gasteiger partial charge in [-0.1, -0.05) is 17.8 Å². The van der Waals surface area contributed by atoms with Crippen LogP contribution >= 0.6 is 11.8 Å². The third-order valence-electron chi connectivity index (χ3n) is 4.40. The number of aromatic nitrogens is 5. The molecule has 4 N–H and O–H groups in total. The Morgan fingerprint density at radius 1 is 1.33 bits per heavy atom. The Morgan fingerprint density at radius 2 is 2.19 bits per heavy atom. The smallest absolute Gasteiger partial charge is 0.223 e. The van der Waals surface area contributed by atoms with Crippen LogP contribution in [0.15, 0.2) is 29.6 Å². The Hall–Kier alpha value is -2.27. The molecule has 0 radical (unpaired) electrons. The molecule has 4 heterocycles. The van der Waals surface area contributed by atoms with Gasteiger partial charge in [0.25, 0.3) is 0 Å². The summed E-state index contributed by atoms with van der Waals surface area (Å²) >= 11 is 1.49. The van der Waals surface area contributed by atoms with E-state index in [4.69, 9.17) is 10.5 Å². The average Bonchev–Trinajstić information content (AvgIpc) is 3.22. The molecule has 3 atom stereocenters. The van der Waals surface area contributed by atoms with Gasteiger partial charge in [0.2, 0.25) is 5.95 Å². The van der Waals surface area contributed by atoms with Crippen LogP contribution in [0.25, 0.3) is 11.2 Å². The first-order chi connectivity index (χ1) is 13.0. The molecule has 3 aromatic rings. The molecule has 0 amide bonds. The van der Waals surface area contributed by atoms with Gasteiger partial charge >= 0.3 is 0 Å².